The average Bonchev–Trinajstić information content (AvgIpc) is 2.83. The molecule has 0 aliphatic carbocycles. The summed E-state index contributed by atoms with van der Waals surface area (Å²) in [6.45, 7) is 0.557. The van der Waals surface area contributed by atoms with E-state index >= 15 is 0 Å². The van der Waals surface area contributed by atoms with Crippen molar-refractivity contribution in [1.82, 2.24) is 9.55 Å². The third-order valence-electron chi connectivity index (χ3n) is 3.15. The number of nitrogens with zero attached hydrogens (tertiary/aromatic N) is 3. The number of carbonyl (C=O) groups is 1. The summed E-state index contributed by atoms with van der Waals surface area (Å²) < 4.78 is 1.93. The minimum Gasteiger partial charge on any atom is -0.478 e. The van der Waals surface area contributed by atoms with Gasteiger partial charge in [0.15, 0.2) is 0 Å². The second kappa shape index (κ2) is 6.00. The fourth-order valence-corrected chi connectivity index (χ4v) is 2.68. The Balaban J connectivity index is 2.37. The number of carboxylic acid groups (broad SMARTS) is 1. The smallest absolute Gasteiger partial charge is 0.338 e. The Hall–Kier alpha value is -1.95. The molecule has 1 aromatic heterocycles. The quantitative estimate of drug-likeness (QED) is 0.858. The van der Waals surface area contributed by atoms with Gasteiger partial charge in [0.2, 0.25) is 0 Å². The third-order valence-corrected chi connectivity index (χ3v) is 3.93. The Morgan fingerprint density at radius 2 is 2.25 bits per heavy atom. The first-order valence-corrected chi connectivity index (χ1v) is 7.34. The van der Waals surface area contributed by atoms with Gasteiger partial charge >= 0.3 is 5.97 Å². The van der Waals surface area contributed by atoms with Crippen LogP contribution in [0.2, 0.25) is 0 Å². The maximum atomic E-state index is 11.5. The molecule has 2 rings (SSSR count). The number of thioether (sulfide) groups is 1. The van der Waals surface area contributed by atoms with Crippen molar-refractivity contribution >= 4 is 23.4 Å². The van der Waals surface area contributed by atoms with Crippen molar-refractivity contribution in [2.45, 2.75) is 11.4 Å². The molecule has 0 aliphatic heterocycles. The highest BCUT2D eigenvalue weighted by Gasteiger charge is 2.18. The summed E-state index contributed by atoms with van der Waals surface area (Å²) in [4.78, 5) is 18.5. The van der Waals surface area contributed by atoms with Crippen LogP contribution in [-0.2, 0) is 13.6 Å². The minimum absolute atomic E-state index is 0.344. The number of aryl methyl sites for hydroxylation is 1. The molecule has 1 aromatic carbocycles. The van der Waals surface area contributed by atoms with Crippen LogP contribution < -0.4 is 4.90 Å². The van der Waals surface area contributed by atoms with Gasteiger partial charge in [-0.1, -0.05) is 6.07 Å². The number of hydrogen-bond donors (Lipinski definition) is 1. The molecule has 5 nitrogen and oxygen atoms in total. The van der Waals surface area contributed by atoms with E-state index in [9.17, 15) is 9.90 Å². The van der Waals surface area contributed by atoms with Crippen LogP contribution in [0.1, 0.15) is 16.2 Å². The molecule has 0 unspecified atom stereocenters. The van der Waals surface area contributed by atoms with Gasteiger partial charge in [-0.05, 0) is 18.4 Å². The first kappa shape index (κ1) is 14.5. The van der Waals surface area contributed by atoms with Gasteiger partial charge in [0.05, 0.1) is 17.8 Å². The van der Waals surface area contributed by atoms with Gasteiger partial charge in [-0.15, -0.1) is 11.8 Å². The normalized spacial score (nSPS) is 10.6. The van der Waals surface area contributed by atoms with E-state index in [-0.39, 0.29) is 0 Å². The highest BCUT2D eigenvalue weighted by atomic mass is 32.2. The molecular weight excluding hydrogens is 274 g/mol. The summed E-state index contributed by atoms with van der Waals surface area (Å²) in [5.74, 6) is -0.0185. The van der Waals surface area contributed by atoms with Crippen LogP contribution in [-0.4, -0.2) is 33.9 Å². The summed E-state index contributed by atoms with van der Waals surface area (Å²) in [6, 6.07) is 5.53. The Labute approximate surface area is 122 Å². The highest BCUT2D eigenvalue weighted by molar-refractivity contribution is 7.98. The zero-order valence-electron chi connectivity index (χ0n) is 11.7. The van der Waals surface area contributed by atoms with E-state index in [0.29, 0.717) is 17.8 Å². The van der Waals surface area contributed by atoms with Crippen LogP contribution in [0.5, 0.6) is 0 Å². The monoisotopic (exact) mass is 291 g/mol. The molecule has 106 valence electrons. The van der Waals surface area contributed by atoms with Crippen molar-refractivity contribution < 1.29 is 9.90 Å². The van der Waals surface area contributed by atoms with Crippen LogP contribution in [0.15, 0.2) is 35.5 Å². The summed E-state index contributed by atoms with van der Waals surface area (Å²) in [5, 5.41) is 9.45. The van der Waals surface area contributed by atoms with Crippen molar-refractivity contribution in [3.05, 3.63) is 42.0 Å². The molecule has 0 spiro atoms. The van der Waals surface area contributed by atoms with E-state index in [1.165, 1.54) is 11.8 Å². The van der Waals surface area contributed by atoms with Gasteiger partial charge in [-0.25, -0.2) is 9.78 Å². The Morgan fingerprint density at radius 1 is 1.50 bits per heavy atom. The fraction of sp³-hybridized carbons (Fsp3) is 0.286. The molecule has 0 atom stereocenters. The van der Waals surface area contributed by atoms with E-state index < -0.39 is 5.97 Å². The van der Waals surface area contributed by atoms with Gasteiger partial charge in [-0.2, -0.15) is 0 Å². The van der Waals surface area contributed by atoms with Crippen molar-refractivity contribution in [1.29, 1.82) is 0 Å². The molecule has 20 heavy (non-hydrogen) atoms. The first-order valence-electron chi connectivity index (χ1n) is 6.12. The molecule has 1 N–H and O–H groups in total. The number of hydrogen-bond acceptors (Lipinski definition) is 4. The molecule has 0 saturated carbocycles. The van der Waals surface area contributed by atoms with Gasteiger partial charge < -0.3 is 14.6 Å². The Morgan fingerprint density at radius 3 is 2.80 bits per heavy atom. The maximum Gasteiger partial charge on any atom is 0.338 e. The highest BCUT2D eigenvalue weighted by Crippen LogP contribution is 2.29. The predicted octanol–water partition coefficient (Wildman–Crippen LogP) is 2.48. The molecule has 6 heteroatoms. The lowest BCUT2D eigenvalue weighted by Crippen LogP contribution is -2.21. The van der Waals surface area contributed by atoms with E-state index in [4.69, 9.17) is 0 Å². The standard InChI is InChI=1S/C14H17N3O2S/c1-16-8-7-15-12(16)9-17(2)10-5-4-6-11(20-3)13(10)14(18)19/h4-8H,9H2,1-3H3,(H,18,19). The Bertz CT molecular complexity index is 625. The van der Waals surface area contributed by atoms with Crippen LogP contribution >= 0.6 is 11.8 Å². The number of carboxylic acids is 1. The average molecular weight is 291 g/mol. The lowest BCUT2D eigenvalue weighted by molar-refractivity contribution is 0.0694. The molecule has 0 saturated heterocycles. The molecular formula is C14H17N3O2S. The molecule has 0 amide bonds. The van der Waals surface area contributed by atoms with E-state index in [0.717, 1.165) is 10.7 Å². The molecule has 0 radical (unpaired) electrons. The zero-order valence-corrected chi connectivity index (χ0v) is 12.5. The molecule has 2 aromatic rings. The number of anilines is 1. The minimum atomic E-state index is -0.906. The van der Waals surface area contributed by atoms with Gasteiger partial charge in [0, 0.05) is 31.4 Å². The largest absolute Gasteiger partial charge is 0.478 e. The SMILES string of the molecule is CSc1cccc(N(C)Cc2nccn2C)c1C(=O)O. The lowest BCUT2D eigenvalue weighted by Gasteiger charge is -2.22. The summed E-state index contributed by atoms with van der Waals surface area (Å²) in [5.41, 5.74) is 1.05. The van der Waals surface area contributed by atoms with E-state index in [1.54, 1.807) is 6.20 Å². The molecule has 1 heterocycles. The van der Waals surface area contributed by atoms with Gasteiger partial charge in [0.1, 0.15) is 5.82 Å². The van der Waals surface area contributed by atoms with Crippen LogP contribution in [0, 0.1) is 0 Å². The van der Waals surface area contributed by atoms with Gasteiger partial charge in [0.25, 0.3) is 0 Å². The van der Waals surface area contributed by atoms with Crippen molar-refractivity contribution in [3.8, 4) is 0 Å². The van der Waals surface area contributed by atoms with Crippen molar-refractivity contribution in [2.75, 3.05) is 18.2 Å². The summed E-state index contributed by atoms with van der Waals surface area (Å²) in [6.07, 6.45) is 5.49. The number of aromatic nitrogens is 2. The summed E-state index contributed by atoms with van der Waals surface area (Å²) in [7, 11) is 3.80. The number of rotatable bonds is 5. The topological polar surface area (TPSA) is 58.4 Å². The first-order chi connectivity index (χ1) is 9.54. The van der Waals surface area contributed by atoms with Crippen LogP contribution in [0.4, 0.5) is 5.69 Å². The predicted molar refractivity (Wildman–Crippen MR) is 80.5 cm³/mol. The fourth-order valence-electron chi connectivity index (χ4n) is 2.07. The second-order valence-corrected chi connectivity index (χ2v) is 5.32. The maximum absolute atomic E-state index is 11.5. The van der Waals surface area contributed by atoms with Crippen molar-refractivity contribution in [3.63, 3.8) is 0 Å². The van der Waals surface area contributed by atoms with E-state index in [1.807, 2.05) is 54.2 Å². The molecule has 0 bridgehead atoms. The lowest BCUT2D eigenvalue weighted by atomic mass is 10.1. The second-order valence-electron chi connectivity index (χ2n) is 4.47. The Kier molecular flexibility index (Phi) is 4.34. The number of imidazole rings is 1. The third kappa shape index (κ3) is 2.80. The zero-order chi connectivity index (χ0) is 14.7. The molecule has 0 fully saturated rings. The number of aromatic carboxylic acids is 1. The van der Waals surface area contributed by atoms with Crippen molar-refractivity contribution in [2.24, 2.45) is 7.05 Å². The van der Waals surface area contributed by atoms with Gasteiger partial charge in [-0.3, -0.25) is 0 Å². The van der Waals surface area contributed by atoms with E-state index in [2.05, 4.69) is 4.98 Å². The van der Waals surface area contributed by atoms with Crippen LogP contribution in [0.25, 0.3) is 0 Å². The molecule has 0 aliphatic rings. The number of benzene rings is 1. The summed E-state index contributed by atoms with van der Waals surface area (Å²) >= 11 is 1.44. The van der Waals surface area contributed by atoms with Crippen LogP contribution in [0.3, 0.4) is 0 Å².